The van der Waals surface area contributed by atoms with Crippen LogP contribution < -0.4 is 24.2 Å². The minimum absolute atomic E-state index is 0.0311. The van der Waals surface area contributed by atoms with Gasteiger partial charge in [-0.3, -0.25) is 9.52 Å². The molecule has 9 heteroatoms. The van der Waals surface area contributed by atoms with E-state index < -0.39 is 15.9 Å². The number of ether oxygens (including phenoxy) is 3. The summed E-state index contributed by atoms with van der Waals surface area (Å²) in [6.07, 6.45) is 0. The summed E-state index contributed by atoms with van der Waals surface area (Å²) in [5.74, 6) is 0.684. The maximum Gasteiger partial charge on any atom is 0.261 e. The summed E-state index contributed by atoms with van der Waals surface area (Å²) in [4.78, 5) is 12.2. The number of carbonyl (C=O) groups is 1. The average molecular weight is 394 g/mol. The molecule has 2 N–H and O–H groups in total. The van der Waals surface area contributed by atoms with Crippen molar-refractivity contribution in [2.75, 3.05) is 32.6 Å². The quantitative estimate of drug-likeness (QED) is 0.712. The average Bonchev–Trinajstić information content (AvgIpc) is 2.67. The van der Waals surface area contributed by atoms with Gasteiger partial charge < -0.3 is 19.5 Å². The minimum Gasteiger partial charge on any atom is -0.494 e. The first-order valence-electron chi connectivity index (χ1n) is 8.10. The Bertz CT molecular complexity index is 910. The van der Waals surface area contributed by atoms with Crippen LogP contribution >= 0.6 is 0 Å². The molecule has 2 rings (SSSR count). The van der Waals surface area contributed by atoms with Gasteiger partial charge in [-0.15, -0.1) is 0 Å². The topological polar surface area (TPSA) is 103 Å². The molecule has 0 aliphatic carbocycles. The van der Waals surface area contributed by atoms with Crippen LogP contribution in [0.2, 0.25) is 0 Å². The van der Waals surface area contributed by atoms with Gasteiger partial charge in [0.2, 0.25) is 0 Å². The van der Waals surface area contributed by atoms with E-state index in [1.165, 1.54) is 45.5 Å². The van der Waals surface area contributed by atoms with Crippen LogP contribution in [-0.4, -0.2) is 42.2 Å². The Labute approximate surface area is 158 Å². The molecule has 0 radical (unpaired) electrons. The van der Waals surface area contributed by atoms with Crippen LogP contribution in [-0.2, 0) is 10.0 Å². The van der Waals surface area contributed by atoms with Crippen LogP contribution in [0.4, 0.5) is 5.69 Å². The zero-order valence-corrected chi connectivity index (χ0v) is 16.3. The van der Waals surface area contributed by atoms with Gasteiger partial charge in [-0.2, -0.15) is 0 Å². The summed E-state index contributed by atoms with van der Waals surface area (Å²) in [6.45, 7) is 2.31. The van der Waals surface area contributed by atoms with Crippen molar-refractivity contribution in [1.29, 1.82) is 0 Å². The normalized spacial score (nSPS) is 10.8. The van der Waals surface area contributed by atoms with Crippen LogP contribution in [0.5, 0.6) is 17.2 Å². The highest BCUT2D eigenvalue weighted by molar-refractivity contribution is 7.92. The molecule has 0 aliphatic rings. The third-order valence-corrected chi connectivity index (χ3v) is 5.07. The largest absolute Gasteiger partial charge is 0.494 e. The maximum atomic E-state index is 12.7. The second kappa shape index (κ2) is 8.63. The predicted molar refractivity (Wildman–Crippen MR) is 101 cm³/mol. The van der Waals surface area contributed by atoms with Gasteiger partial charge in [0.15, 0.2) is 11.5 Å². The molecular weight excluding hydrogens is 372 g/mol. The molecule has 0 unspecified atom stereocenters. The van der Waals surface area contributed by atoms with Gasteiger partial charge in [0, 0.05) is 13.1 Å². The zero-order valence-electron chi connectivity index (χ0n) is 15.5. The second-order valence-corrected chi connectivity index (χ2v) is 7.02. The third kappa shape index (κ3) is 4.62. The molecule has 0 atom stereocenters. The highest BCUT2D eigenvalue weighted by atomic mass is 32.2. The molecule has 0 fully saturated rings. The number of anilines is 1. The van der Waals surface area contributed by atoms with Crippen molar-refractivity contribution >= 4 is 21.6 Å². The summed E-state index contributed by atoms with van der Waals surface area (Å²) < 4.78 is 43.6. The van der Waals surface area contributed by atoms with Crippen LogP contribution in [0.3, 0.4) is 0 Å². The fourth-order valence-corrected chi connectivity index (χ4v) is 3.44. The number of hydrogen-bond donors (Lipinski definition) is 2. The van der Waals surface area contributed by atoms with Crippen LogP contribution in [0, 0.1) is 0 Å². The first kappa shape index (κ1) is 20.4. The first-order chi connectivity index (χ1) is 12.9. The lowest BCUT2D eigenvalue weighted by Gasteiger charge is -2.16. The maximum absolute atomic E-state index is 12.7. The Morgan fingerprint density at radius 1 is 1.04 bits per heavy atom. The third-order valence-electron chi connectivity index (χ3n) is 3.68. The molecule has 27 heavy (non-hydrogen) atoms. The van der Waals surface area contributed by atoms with Gasteiger partial charge in [0.1, 0.15) is 5.75 Å². The molecule has 0 heterocycles. The van der Waals surface area contributed by atoms with E-state index in [2.05, 4.69) is 10.0 Å². The summed E-state index contributed by atoms with van der Waals surface area (Å²) >= 11 is 0. The molecular formula is C18H22N2O6S. The Morgan fingerprint density at radius 2 is 1.63 bits per heavy atom. The highest BCUT2D eigenvalue weighted by Gasteiger charge is 2.21. The zero-order chi connectivity index (χ0) is 20.0. The molecule has 0 aliphatic heterocycles. The summed E-state index contributed by atoms with van der Waals surface area (Å²) in [7, 11) is 0.357. The Morgan fingerprint density at radius 3 is 2.15 bits per heavy atom. The van der Waals surface area contributed by atoms with Crippen molar-refractivity contribution in [3.05, 3.63) is 42.0 Å². The van der Waals surface area contributed by atoms with Gasteiger partial charge in [0.05, 0.1) is 37.0 Å². The lowest BCUT2D eigenvalue weighted by molar-refractivity contribution is 0.0963. The van der Waals surface area contributed by atoms with Gasteiger partial charge in [-0.05, 0) is 37.3 Å². The van der Waals surface area contributed by atoms with Crippen molar-refractivity contribution in [2.45, 2.75) is 11.8 Å². The number of hydrogen-bond acceptors (Lipinski definition) is 6. The molecule has 0 saturated heterocycles. The number of benzene rings is 2. The van der Waals surface area contributed by atoms with E-state index in [9.17, 15) is 13.2 Å². The number of carbonyl (C=O) groups excluding carboxylic acids is 1. The molecule has 1 amide bonds. The van der Waals surface area contributed by atoms with Crippen molar-refractivity contribution in [1.82, 2.24) is 5.32 Å². The van der Waals surface area contributed by atoms with Gasteiger partial charge in [-0.1, -0.05) is 0 Å². The molecule has 0 saturated carbocycles. The van der Waals surface area contributed by atoms with Crippen molar-refractivity contribution in [3.63, 3.8) is 0 Å². The highest BCUT2D eigenvalue weighted by Crippen LogP contribution is 2.34. The first-order valence-corrected chi connectivity index (χ1v) is 9.58. The standard InChI is InChI=1S/C18H22N2O6S/c1-5-26-12-6-8-13(9-7-12)27(22,23)20-15-11-17(25-4)16(24-3)10-14(15)18(21)19-2/h6-11,20H,5H2,1-4H3,(H,19,21). The van der Waals surface area contributed by atoms with E-state index in [4.69, 9.17) is 14.2 Å². The van der Waals surface area contributed by atoms with Crippen LogP contribution in [0.1, 0.15) is 17.3 Å². The van der Waals surface area contributed by atoms with Crippen LogP contribution in [0.15, 0.2) is 41.3 Å². The van der Waals surface area contributed by atoms with Crippen molar-refractivity contribution in [3.8, 4) is 17.2 Å². The Hall–Kier alpha value is -2.94. The van der Waals surface area contributed by atoms with E-state index >= 15 is 0 Å². The summed E-state index contributed by atoms with van der Waals surface area (Å²) in [5, 5.41) is 2.47. The van der Waals surface area contributed by atoms with Gasteiger partial charge >= 0.3 is 0 Å². The van der Waals surface area contributed by atoms with E-state index in [0.29, 0.717) is 18.1 Å². The summed E-state index contributed by atoms with van der Waals surface area (Å²) in [6, 6.07) is 8.78. The fraction of sp³-hybridized carbons (Fsp3) is 0.278. The van der Waals surface area contributed by atoms with E-state index in [1.807, 2.05) is 6.92 Å². The lowest BCUT2D eigenvalue weighted by Crippen LogP contribution is -2.22. The van der Waals surface area contributed by atoms with E-state index in [1.54, 1.807) is 12.1 Å². The molecule has 146 valence electrons. The Balaban J connectivity index is 2.45. The molecule has 0 bridgehead atoms. The minimum atomic E-state index is -3.94. The Kier molecular flexibility index (Phi) is 6.51. The predicted octanol–water partition coefficient (Wildman–Crippen LogP) is 2.26. The van der Waals surface area contributed by atoms with Crippen LogP contribution in [0.25, 0.3) is 0 Å². The molecule has 8 nitrogen and oxygen atoms in total. The number of sulfonamides is 1. The lowest BCUT2D eigenvalue weighted by atomic mass is 10.1. The molecule has 0 spiro atoms. The molecule has 2 aromatic rings. The number of amides is 1. The number of methoxy groups -OCH3 is 2. The van der Waals surface area contributed by atoms with Crippen molar-refractivity contribution in [2.24, 2.45) is 0 Å². The van der Waals surface area contributed by atoms with E-state index in [-0.39, 0.29) is 21.9 Å². The number of rotatable bonds is 8. The molecule has 0 aromatic heterocycles. The van der Waals surface area contributed by atoms with Gasteiger partial charge in [0.25, 0.3) is 15.9 Å². The number of nitrogens with one attached hydrogen (secondary N) is 2. The smallest absolute Gasteiger partial charge is 0.261 e. The summed E-state index contributed by atoms with van der Waals surface area (Å²) in [5.41, 5.74) is 0.172. The second-order valence-electron chi connectivity index (χ2n) is 5.34. The van der Waals surface area contributed by atoms with Gasteiger partial charge in [-0.25, -0.2) is 8.42 Å². The molecule has 2 aromatic carbocycles. The SMILES string of the molecule is CCOc1ccc(S(=O)(=O)Nc2cc(OC)c(OC)cc2C(=O)NC)cc1. The van der Waals surface area contributed by atoms with E-state index in [0.717, 1.165) is 0 Å². The fourth-order valence-electron chi connectivity index (χ4n) is 2.37. The monoisotopic (exact) mass is 394 g/mol. The van der Waals surface area contributed by atoms with Crippen molar-refractivity contribution < 1.29 is 27.4 Å².